The van der Waals surface area contributed by atoms with Crippen LogP contribution in [0.2, 0.25) is 0 Å². The van der Waals surface area contributed by atoms with Gasteiger partial charge in [0.1, 0.15) is 0 Å². The van der Waals surface area contributed by atoms with Gasteiger partial charge < -0.3 is 0 Å². The number of hydrogen-bond acceptors (Lipinski definition) is 0. The van der Waals surface area contributed by atoms with Crippen molar-refractivity contribution in [2.75, 3.05) is 0 Å². The second-order valence-corrected chi connectivity index (χ2v) is 12.0. The highest BCUT2D eigenvalue weighted by atomic mass is 14.1. The van der Waals surface area contributed by atoms with Crippen LogP contribution in [0, 0.1) is 12.8 Å². The topological polar surface area (TPSA) is 0 Å². The summed E-state index contributed by atoms with van der Waals surface area (Å²) in [5.74, 6) is 0.717. The summed E-state index contributed by atoms with van der Waals surface area (Å²) in [5.41, 5.74) is 0. The monoisotopic (exact) mass is 492 g/mol. The van der Waals surface area contributed by atoms with Crippen molar-refractivity contribution in [1.29, 1.82) is 0 Å². The van der Waals surface area contributed by atoms with Crippen LogP contribution in [-0.4, -0.2) is 0 Å². The molecule has 35 heavy (non-hydrogen) atoms. The van der Waals surface area contributed by atoms with Crippen molar-refractivity contribution in [2.45, 2.75) is 213 Å². The third-order valence-electron chi connectivity index (χ3n) is 8.18. The summed E-state index contributed by atoms with van der Waals surface area (Å²) >= 11 is 0. The standard InChI is InChI=1S/C35H71/c1-4-6-8-10-12-14-16-17-18-19-20-21-22-24-26-28-30-32-34-35(3)33-31-29-27-25-23-15-13-11-9-7-5-2/h35H,3-34H2,1-2H3. The minimum atomic E-state index is 0.717. The van der Waals surface area contributed by atoms with Gasteiger partial charge in [-0.05, 0) is 5.92 Å². The highest BCUT2D eigenvalue weighted by molar-refractivity contribution is 4.62. The Morgan fingerprint density at radius 2 is 0.457 bits per heavy atom. The molecule has 0 spiro atoms. The molecule has 0 aliphatic heterocycles. The molecule has 0 aromatic heterocycles. The SMILES string of the molecule is [CH2]C(CCCCCCCCCCCCC)CCCCCCCCCCCCCCCCCCCC. The molecule has 0 bridgehead atoms. The molecule has 0 aromatic rings. The van der Waals surface area contributed by atoms with Gasteiger partial charge in [-0.3, -0.25) is 0 Å². The Balaban J connectivity index is 3.12. The Morgan fingerprint density at radius 1 is 0.286 bits per heavy atom. The highest BCUT2D eigenvalue weighted by Crippen LogP contribution is 2.19. The summed E-state index contributed by atoms with van der Waals surface area (Å²) < 4.78 is 0. The minimum Gasteiger partial charge on any atom is -0.0654 e. The van der Waals surface area contributed by atoms with Gasteiger partial charge in [0, 0.05) is 0 Å². The van der Waals surface area contributed by atoms with E-state index >= 15 is 0 Å². The molecule has 0 heteroatoms. The largest absolute Gasteiger partial charge is 0.0654 e. The summed E-state index contributed by atoms with van der Waals surface area (Å²) in [4.78, 5) is 0. The van der Waals surface area contributed by atoms with Crippen LogP contribution in [0.1, 0.15) is 213 Å². The first-order valence-corrected chi connectivity index (χ1v) is 17.1. The zero-order chi connectivity index (χ0) is 25.5. The Kier molecular flexibility index (Phi) is 32.0. The lowest BCUT2D eigenvalue weighted by Crippen LogP contribution is -1.95. The molecule has 0 heterocycles. The normalized spacial score (nSPS) is 12.4. The van der Waals surface area contributed by atoms with Crippen LogP contribution in [0.15, 0.2) is 0 Å². The molecule has 0 aliphatic carbocycles. The third-order valence-corrected chi connectivity index (χ3v) is 8.18. The van der Waals surface area contributed by atoms with Gasteiger partial charge in [-0.1, -0.05) is 220 Å². The van der Waals surface area contributed by atoms with E-state index in [1.165, 1.54) is 199 Å². The maximum Gasteiger partial charge on any atom is -0.0414 e. The fraction of sp³-hybridized carbons (Fsp3) is 0.971. The lowest BCUT2D eigenvalue weighted by Gasteiger charge is -2.11. The molecule has 0 N–H and O–H groups in total. The third kappa shape index (κ3) is 32.0. The van der Waals surface area contributed by atoms with Crippen molar-refractivity contribution in [3.8, 4) is 0 Å². The van der Waals surface area contributed by atoms with Gasteiger partial charge >= 0.3 is 0 Å². The maximum atomic E-state index is 4.43. The van der Waals surface area contributed by atoms with Crippen LogP contribution >= 0.6 is 0 Å². The van der Waals surface area contributed by atoms with E-state index in [1.807, 2.05) is 0 Å². The smallest absolute Gasteiger partial charge is 0.0414 e. The van der Waals surface area contributed by atoms with Crippen molar-refractivity contribution in [3.05, 3.63) is 6.92 Å². The van der Waals surface area contributed by atoms with E-state index in [9.17, 15) is 0 Å². The van der Waals surface area contributed by atoms with Gasteiger partial charge in [0.15, 0.2) is 0 Å². The summed E-state index contributed by atoms with van der Waals surface area (Å²) in [5, 5.41) is 0. The molecule has 1 atom stereocenters. The first-order chi connectivity index (χ1) is 17.3. The van der Waals surface area contributed by atoms with Gasteiger partial charge in [-0.15, -0.1) is 0 Å². The van der Waals surface area contributed by atoms with Gasteiger partial charge in [0.05, 0.1) is 0 Å². The molecule has 211 valence electrons. The molecule has 0 amide bonds. The lowest BCUT2D eigenvalue weighted by molar-refractivity contribution is 0.459. The van der Waals surface area contributed by atoms with Gasteiger partial charge in [0.25, 0.3) is 0 Å². The van der Waals surface area contributed by atoms with Crippen LogP contribution in [0.3, 0.4) is 0 Å². The lowest BCUT2D eigenvalue weighted by atomic mass is 9.95. The van der Waals surface area contributed by atoms with E-state index in [0.29, 0.717) is 0 Å². The zero-order valence-electron chi connectivity index (χ0n) is 25.2. The first-order valence-electron chi connectivity index (χ1n) is 17.1. The minimum absolute atomic E-state index is 0.717. The Morgan fingerprint density at radius 3 is 0.657 bits per heavy atom. The van der Waals surface area contributed by atoms with E-state index in [-0.39, 0.29) is 0 Å². The van der Waals surface area contributed by atoms with Crippen LogP contribution in [0.4, 0.5) is 0 Å². The van der Waals surface area contributed by atoms with Crippen LogP contribution in [-0.2, 0) is 0 Å². The van der Waals surface area contributed by atoms with E-state index in [4.69, 9.17) is 0 Å². The van der Waals surface area contributed by atoms with E-state index in [0.717, 1.165) is 5.92 Å². The summed E-state index contributed by atoms with van der Waals surface area (Å²) in [6.07, 6.45) is 45.1. The van der Waals surface area contributed by atoms with E-state index in [1.54, 1.807) is 0 Å². The van der Waals surface area contributed by atoms with Crippen molar-refractivity contribution >= 4 is 0 Å². The van der Waals surface area contributed by atoms with Gasteiger partial charge in [0.2, 0.25) is 0 Å². The molecule has 0 aromatic carbocycles. The van der Waals surface area contributed by atoms with Crippen LogP contribution in [0.25, 0.3) is 0 Å². The maximum absolute atomic E-state index is 4.43. The van der Waals surface area contributed by atoms with Gasteiger partial charge in [-0.25, -0.2) is 0 Å². The Bertz CT molecular complexity index is 346. The van der Waals surface area contributed by atoms with Gasteiger partial charge in [-0.2, -0.15) is 0 Å². The Hall–Kier alpha value is 0. The van der Waals surface area contributed by atoms with Crippen molar-refractivity contribution < 1.29 is 0 Å². The Labute approximate surface area is 225 Å². The summed E-state index contributed by atoms with van der Waals surface area (Å²) in [7, 11) is 0. The van der Waals surface area contributed by atoms with Crippen molar-refractivity contribution in [1.82, 2.24) is 0 Å². The molecular weight excluding hydrogens is 420 g/mol. The second-order valence-electron chi connectivity index (χ2n) is 12.0. The van der Waals surface area contributed by atoms with Crippen LogP contribution in [0.5, 0.6) is 0 Å². The second kappa shape index (κ2) is 32.0. The summed E-state index contributed by atoms with van der Waals surface area (Å²) in [6, 6.07) is 0. The fourth-order valence-electron chi connectivity index (χ4n) is 5.58. The summed E-state index contributed by atoms with van der Waals surface area (Å²) in [6.45, 7) is 9.04. The molecule has 1 radical (unpaired) electrons. The first kappa shape index (κ1) is 35.0. The van der Waals surface area contributed by atoms with E-state index < -0.39 is 0 Å². The highest BCUT2D eigenvalue weighted by Gasteiger charge is 2.02. The average molecular weight is 492 g/mol. The quantitative estimate of drug-likeness (QED) is 0.0845. The molecule has 0 saturated heterocycles. The zero-order valence-corrected chi connectivity index (χ0v) is 25.2. The van der Waals surface area contributed by atoms with E-state index in [2.05, 4.69) is 20.8 Å². The molecule has 0 fully saturated rings. The number of rotatable bonds is 31. The average Bonchev–Trinajstić information content (AvgIpc) is 2.86. The molecule has 0 aliphatic rings. The molecular formula is C35H71. The van der Waals surface area contributed by atoms with Crippen molar-refractivity contribution in [3.63, 3.8) is 0 Å². The molecule has 1 unspecified atom stereocenters. The van der Waals surface area contributed by atoms with Crippen molar-refractivity contribution in [2.24, 2.45) is 5.92 Å². The molecule has 0 nitrogen and oxygen atoms in total. The number of unbranched alkanes of at least 4 members (excludes halogenated alkanes) is 27. The van der Waals surface area contributed by atoms with Crippen LogP contribution < -0.4 is 0 Å². The molecule has 0 rings (SSSR count). The molecule has 0 saturated carbocycles. The number of hydrogen-bond donors (Lipinski definition) is 0. The predicted octanol–water partition coefficient (Wildman–Crippen LogP) is 13.6. The predicted molar refractivity (Wildman–Crippen MR) is 163 cm³/mol. The fourth-order valence-corrected chi connectivity index (χ4v) is 5.58.